The minimum absolute atomic E-state index is 0.0237. The average molecular weight is 598 g/mol. The summed E-state index contributed by atoms with van der Waals surface area (Å²) in [6, 6.07) is 14.6. The predicted octanol–water partition coefficient (Wildman–Crippen LogP) is 5.75. The van der Waals surface area contributed by atoms with Crippen LogP contribution in [-0.4, -0.2) is 56.3 Å². The lowest BCUT2D eigenvalue weighted by Crippen LogP contribution is -2.35. The molecule has 3 aliphatic rings. The van der Waals surface area contributed by atoms with Gasteiger partial charge in [-0.15, -0.1) is 0 Å². The van der Waals surface area contributed by atoms with Gasteiger partial charge in [-0.3, -0.25) is 4.90 Å². The standard InChI is InChI=1S/C33H29F2N5O4/c34-25-14-19(16-36)4-5-23(25)29-15-26(35)24-3-1-2-22(31(24)44-29)20-8-11-39(12-9-20)18-30-37-27-6-7-28(33(41)42)38-32(27)40(30)17-21-10-13-43-21/h1-7,14-15,20-21,29H,8-13,17-18H2,(H,41,42)/t21-,29+/m0/s1. The van der Waals surface area contributed by atoms with Crippen LogP contribution in [0.25, 0.3) is 17.0 Å². The topological polar surface area (TPSA) is 114 Å². The summed E-state index contributed by atoms with van der Waals surface area (Å²) >= 11 is 0. The van der Waals surface area contributed by atoms with Gasteiger partial charge in [0.2, 0.25) is 0 Å². The number of carboxylic acids is 1. The van der Waals surface area contributed by atoms with Crippen molar-refractivity contribution >= 4 is 23.0 Å². The van der Waals surface area contributed by atoms with Gasteiger partial charge in [0.25, 0.3) is 0 Å². The number of fused-ring (bicyclic) bond motifs is 2. The number of nitrogens with zero attached hydrogens (tertiary/aromatic N) is 5. The molecule has 0 saturated carbocycles. The number of hydrogen-bond acceptors (Lipinski definition) is 7. The van der Waals surface area contributed by atoms with Gasteiger partial charge in [0.05, 0.1) is 36.4 Å². The second kappa shape index (κ2) is 11.4. The molecule has 0 unspecified atom stereocenters. The maximum absolute atomic E-state index is 15.3. The lowest BCUT2D eigenvalue weighted by Gasteiger charge is -2.34. The molecular weight excluding hydrogens is 568 g/mol. The molecular formula is C33H29F2N5O4. The normalized spacial score (nSPS) is 20.3. The first-order valence-corrected chi connectivity index (χ1v) is 14.7. The second-order valence-electron chi connectivity index (χ2n) is 11.4. The maximum atomic E-state index is 15.3. The number of likely N-dealkylation sites (tertiary alicyclic amines) is 1. The predicted molar refractivity (Wildman–Crippen MR) is 156 cm³/mol. The number of rotatable bonds is 7. The van der Waals surface area contributed by atoms with E-state index in [0.29, 0.717) is 42.2 Å². The zero-order chi connectivity index (χ0) is 30.4. The quantitative estimate of drug-likeness (QED) is 0.287. The van der Waals surface area contributed by atoms with Crippen molar-refractivity contribution in [2.24, 2.45) is 0 Å². The van der Waals surface area contributed by atoms with Gasteiger partial charge in [0.1, 0.15) is 34.8 Å². The van der Waals surface area contributed by atoms with Crippen molar-refractivity contribution in [3.8, 4) is 11.8 Å². The fraction of sp³-hybridized carbons (Fsp3) is 0.333. The molecule has 2 saturated heterocycles. The number of hydrogen-bond donors (Lipinski definition) is 1. The van der Waals surface area contributed by atoms with Crippen molar-refractivity contribution in [2.75, 3.05) is 19.7 Å². The number of benzene rings is 2. The molecule has 9 nitrogen and oxygen atoms in total. The van der Waals surface area contributed by atoms with E-state index in [1.807, 2.05) is 22.8 Å². The second-order valence-corrected chi connectivity index (χ2v) is 11.4. The number of pyridine rings is 1. The van der Waals surface area contributed by atoms with Crippen LogP contribution in [-0.2, 0) is 17.8 Å². The van der Waals surface area contributed by atoms with Crippen molar-refractivity contribution in [1.29, 1.82) is 5.26 Å². The molecule has 224 valence electrons. The lowest BCUT2D eigenvalue weighted by atomic mass is 9.86. The molecule has 4 aromatic rings. The summed E-state index contributed by atoms with van der Waals surface area (Å²) in [6.07, 6.45) is 2.91. The fourth-order valence-corrected chi connectivity index (χ4v) is 6.27. The molecule has 11 heteroatoms. The summed E-state index contributed by atoms with van der Waals surface area (Å²) in [6.45, 7) is 3.36. The van der Waals surface area contributed by atoms with Crippen molar-refractivity contribution in [1.82, 2.24) is 19.4 Å². The number of aromatic nitrogens is 3. The number of carboxylic acid groups (broad SMARTS) is 1. The SMILES string of the molecule is N#Cc1ccc([C@H]2C=C(F)c3cccc(C4CCN(Cc5nc6ccc(C(=O)O)nc6n5C[C@@H]5CCO5)CC4)c3O2)c(F)c1. The minimum Gasteiger partial charge on any atom is -0.480 e. The third-order valence-electron chi connectivity index (χ3n) is 8.74. The Labute approximate surface area is 252 Å². The van der Waals surface area contributed by atoms with Crippen LogP contribution in [0.15, 0.2) is 54.6 Å². The van der Waals surface area contributed by atoms with Gasteiger partial charge in [-0.25, -0.2) is 23.5 Å². The van der Waals surface area contributed by atoms with Crippen molar-refractivity contribution in [3.63, 3.8) is 0 Å². The van der Waals surface area contributed by atoms with E-state index < -0.39 is 23.7 Å². The molecule has 0 spiro atoms. The van der Waals surface area contributed by atoms with E-state index in [0.717, 1.165) is 49.8 Å². The van der Waals surface area contributed by atoms with E-state index in [4.69, 9.17) is 19.7 Å². The Hall–Kier alpha value is -4.66. The maximum Gasteiger partial charge on any atom is 0.354 e. The first-order chi connectivity index (χ1) is 21.4. The summed E-state index contributed by atoms with van der Waals surface area (Å²) < 4.78 is 44.0. The summed E-state index contributed by atoms with van der Waals surface area (Å²) in [5.74, 6) is -0.810. The molecule has 1 N–H and O–H groups in total. The number of imidazole rings is 1. The zero-order valence-corrected chi connectivity index (χ0v) is 23.7. The van der Waals surface area contributed by atoms with Crippen LogP contribution in [0.5, 0.6) is 5.75 Å². The highest BCUT2D eigenvalue weighted by Gasteiger charge is 2.31. The molecule has 2 aromatic carbocycles. The van der Waals surface area contributed by atoms with Crippen LogP contribution in [0.4, 0.5) is 8.78 Å². The first-order valence-electron chi connectivity index (χ1n) is 14.7. The largest absolute Gasteiger partial charge is 0.480 e. The van der Waals surface area contributed by atoms with Crippen LogP contribution in [0, 0.1) is 17.1 Å². The lowest BCUT2D eigenvalue weighted by molar-refractivity contribution is -0.0593. The van der Waals surface area contributed by atoms with Gasteiger partial charge in [-0.05, 0) is 80.2 Å². The number of piperidine rings is 1. The Kier molecular flexibility index (Phi) is 7.32. The Balaban J connectivity index is 1.09. The van der Waals surface area contributed by atoms with Crippen LogP contribution in [0.2, 0.25) is 0 Å². The van der Waals surface area contributed by atoms with E-state index in [1.165, 1.54) is 24.3 Å². The van der Waals surface area contributed by atoms with Crippen LogP contribution in [0.3, 0.4) is 0 Å². The average Bonchev–Trinajstić information content (AvgIpc) is 3.34. The Morgan fingerprint density at radius 2 is 1.89 bits per heavy atom. The number of aromatic carboxylic acids is 1. The molecule has 7 rings (SSSR count). The van der Waals surface area contributed by atoms with E-state index in [1.54, 1.807) is 12.1 Å². The van der Waals surface area contributed by atoms with Crippen LogP contribution in [0.1, 0.15) is 69.9 Å². The molecule has 0 radical (unpaired) electrons. The highest BCUT2D eigenvalue weighted by atomic mass is 19.1. The van der Waals surface area contributed by atoms with Crippen molar-refractivity contribution in [3.05, 3.63) is 94.2 Å². The monoisotopic (exact) mass is 597 g/mol. The first kappa shape index (κ1) is 28.1. The van der Waals surface area contributed by atoms with Crippen molar-refractivity contribution in [2.45, 2.75) is 50.5 Å². The molecule has 0 amide bonds. The minimum atomic E-state index is -1.08. The van der Waals surface area contributed by atoms with E-state index >= 15 is 4.39 Å². The molecule has 2 fully saturated rings. The highest BCUT2D eigenvalue weighted by molar-refractivity contribution is 5.88. The molecule has 3 aliphatic heterocycles. The van der Waals surface area contributed by atoms with Crippen LogP contribution < -0.4 is 4.74 Å². The van der Waals surface area contributed by atoms with Gasteiger partial charge in [-0.2, -0.15) is 5.26 Å². The van der Waals surface area contributed by atoms with Gasteiger partial charge in [0, 0.05) is 12.2 Å². The number of ether oxygens (including phenoxy) is 2. The van der Waals surface area contributed by atoms with Crippen LogP contribution >= 0.6 is 0 Å². The van der Waals surface area contributed by atoms with Crippen molar-refractivity contribution < 1.29 is 28.2 Å². The molecule has 5 heterocycles. The number of para-hydroxylation sites is 1. The molecule has 2 aromatic heterocycles. The molecule has 0 aliphatic carbocycles. The molecule has 0 bridgehead atoms. The Morgan fingerprint density at radius 1 is 1.07 bits per heavy atom. The number of nitriles is 1. The number of halogens is 2. The molecule has 2 atom stereocenters. The van der Waals surface area contributed by atoms with Gasteiger partial charge < -0.3 is 19.1 Å². The molecule has 44 heavy (non-hydrogen) atoms. The number of carbonyl (C=O) groups is 1. The summed E-state index contributed by atoms with van der Waals surface area (Å²) in [5, 5.41) is 18.6. The Bertz CT molecular complexity index is 1840. The van der Waals surface area contributed by atoms with Gasteiger partial charge in [0.15, 0.2) is 11.3 Å². The highest BCUT2D eigenvalue weighted by Crippen LogP contribution is 2.45. The van der Waals surface area contributed by atoms with E-state index in [-0.39, 0.29) is 28.8 Å². The summed E-state index contributed by atoms with van der Waals surface area (Å²) in [4.78, 5) is 23.1. The van der Waals surface area contributed by atoms with E-state index in [9.17, 15) is 14.3 Å². The smallest absolute Gasteiger partial charge is 0.354 e. The third kappa shape index (κ3) is 5.20. The summed E-state index contributed by atoms with van der Waals surface area (Å²) in [5.41, 5.74) is 2.78. The summed E-state index contributed by atoms with van der Waals surface area (Å²) in [7, 11) is 0. The zero-order valence-electron chi connectivity index (χ0n) is 23.7. The third-order valence-corrected chi connectivity index (χ3v) is 8.74. The fourth-order valence-electron chi connectivity index (χ4n) is 6.27. The van der Waals surface area contributed by atoms with Gasteiger partial charge >= 0.3 is 5.97 Å². The van der Waals surface area contributed by atoms with Gasteiger partial charge in [-0.1, -0.05) is 18.2 Å². The van der Waals surface area contributed by atoms with E-state index in [2.05, 4.69) is 9.88 Å². The Morgan fingerprint density at radius 3 is 2.59 bits per heavy atom.